The number of rotatable bonds is 8. The lowest BCUT2D eigenvalue weighted by molar-refractivity contribution is -0.119. The molecule has 1 aliphatic rings. The molecule has 0 aliphatic heterocycles. The summed E-state index contributed by atoms with van der Waals surface area (Å²) in [7, 11) is 2.91. The van der Waals surface area contributed by atoms with Crippen LogP contribution in [0.15, 0.2) is 29.6 Å². The second kappa shape index (κ2) is 10.7. The molecule has 0 bridgehead atoms. The van der Waals surface area contributed by atoms with Gasteiger partial charge in [0, 0.05) is 31.8 Å². The van der Waals surface area contributed by atoms with Gasteiger partial charge in [-0.25, -0.2) is 37.6 Å². The highest BCUT2D eigenvalue weighted by Gasteiger charge is 2.63. The molecule has 4 rings (SSSR count). The van der Waals surface area contributed by atoms with Crippen molar-refractivity contribution in [3.05, 3.63) is 41.2 Å². The number of alkyl halides is 2. The number of pyridine rings is 1. The normalized spacial score (nSPS) is 19.4. The number of aliphatic imine (C=N–C) groups is 1. The molecule has 1 fully saturated rings. The first-order valence-corrected chi connectivity index (χ1v) is 11.5. The molecule has 0 spiro atoms. The topological polar surface area (TPSA) is 149 Å². The molecule has 3 heterocycles. The Bertz CT molecular complexity index is 1390. The maximum atomic E-state index is 13.5. The largest absolute Gasteiger partial charge is 0.441 e. The molecule has 1 saturated carbocycles. The van der Waals surface area contributed by atoms with Crippen molar-refractivity contribution < 1.29 is 27.5 Å². The van der Waals surface area contributed by atoms with E-state index in [0.29, 0.717) is 0 Å². The minimum absolute atomic E-state index is 0.0158. The summed E-state index contributed by atoms with van der Waals surface area (Å²) in [6.07, 6.45) is 0.149. The highest BCUT2D eigenvalue weighted by molar-refractivity contribution is 6.30. The van der Waals surface area contributed by atoms with Gasteiger partial charge in [-0.15, -0.1) is 5.10 Å². The third-order valence-electron chi connectivity index (χ3n) is 5.87. The van der Waals surface area contributed by atoms with E-state index in [1.807, 2.05) is 0 Å². The van der Waals surface area contributed by atoms with Crippen molar-refractivity contribution in [1.82, 2.24) is 29.9 Å². The predicted octanol–water partition coefficient (Wildman–Crippen LogP) is 3.68. The molecule has 3 aromatic heterocycles. The molecule has 200 valence electrons. The van der Waals surface area contributed by atoms with Gasteiger partial charge >= 0.3 is 6.09 Å². The molecule has 12 nitrogen and oxygen atoms in total. The van der Waals surface area contributed by atoms with Crippen LogP contribution >= 0.6 is 11.6 Å². The quantitative estimate of drug-likeness (QED) is 0.318. The van der Waals surface area contributed by atoms with Gasteiger partial charge in [0.15, 0.2) is 17.3 Å². The van der Waals surface area contributed by atoms with Crippen molar-refractivity contribution in [2.24, 2.45) is 23.4 Å². The summed E-state index contributed by atoms with van der Waals surface area (Å²) in [4.78, 5) is 40.9. The van der Waals surface area contributed by atoms with Crippen LogP contribution in [0.3, 0.4) is 0 Å². The van der Waals surface area contributed by atoms with E-state index < -0.39 is 41.7 Å². The smallest absolute Gasteiger partial charge is 0.413 e. The van der Waals surface area contributed by atoms with Crippen LogP contribution in [0.2, 0.25) is 5.15 Å². The van der Waals surface area contributed by atoms with Crippen LogP contribution in [0, 0.1) is 17.2 Å². The maximum Gasteiger partial charge on any atom is 0.413 e. The highest BCUT2D eigenvalue weighted by atomic mass is 35.5. The van der Waals surface area contributed by atoms with Crippen molar-refractivity contribution in [3.63, 3.8) is 0 Å². The van der Waals surface area contributed by atoms with Gasteiger partial charge in [0.25, 0.3) is 0 Å². The van der Waals surface area contributed by atoms with Crippen LogP contribution in [0.4, 0.5) is 29.5 Å². The van der Waals surface area contributed by atoms with E-state index in [2.05, 4.69) is 40.9 Å². The van der Waals surface area contributed by atoms with Crippen LogP contribution in [0.25, 0.3) is 11.5 Å². The number of aryl methyl sites for hydroxylation is 1. The summed E-state index contributed by atoms with van der Waals surface area (Å²) in [5.41, 5.74) is -0.971. The zero-order chi connectivity index (χ0) is 27.6. The number of nitrogens with zero attached hydrogens (tertiary/aromatic N) is 7. The van der Waals surface area contributed by atoms with E-state index >= 15 is 0 Å². The summed E-state index contributed by atoms with van der Waals surface area (Å²) >= 11 is 5.96. The number of anilines is 2. The number of amides is 2. The molecule has 2 N–H and O–H groups in total. The Morgan fingerprint density at radius 1 is 1.26 bits per heavy atom. The highest BCUT2D eigenvalue weighted by Crippen LogP contribution is 2.55. The number of ether oxygens (including phenoxy) is 1. The van der Waals surface area contributed by atoms with Gasteiger partial charge in [-0.2, -0.15) is 0 Å². The van der Waals surface area contributed by atoms with Crippen LogP contribution in [-0.2, 0) is 16.6 Å². The number of aromatic nitrogens is 6. The van der Waals surface area contributed by atoms with E-state index in [1.165, 1.54) is 44.3 Å². The van der Waals surface area contributed by atoms with Crippen molar-refractivity contribution in [2.45, 2.75) is 25.9 Å². The Balaban J connectivity index is 1.45. The fourth-order valence-corrected chi connectivity index (χ4v) is 4.06. The molecule has 16 heteroatoms. The molecule has 3 aromatic rings. The number of hydrogen-bond acceptors (Lipinski definition) is 9. The van der Waals surface area contributed by atoms with Gasteiger partial charge in [-0.3, -0.25) is 15.1 Å². The van der Waals surface area contributed by atoms with Crippen molar-refractivity contribution >= 4 is 41.3 Å². The lowest BCUT2D eigenvalue weighted by atomic mass is 10.0. The molecule has 2 amide bonds. The van der Waals surface area contributed by atoms with Crippen molar-refractivity contribution in [3.8, 4) is 11.5 Å². The first kappa shape index (κ1) is 26.9. The van der Waals surface area contributed by atoms with Crippen LogP contribution in [0.5, 0.6) is 0 Å². The monoisotopic (exact) mass is 551 g/mol. The average Bonchev–Trinajstić information content (AvgIpc) is 3.51. The number of carbonyl (C=O) groups is 2. The standard InChI is InChI=1S/C22H21ClF3N9O3/c1-10(13-4-11(24)6-28-16(13)23)38-21(37)32-19-15(33-34-35(19)3)18-29-7-12(8-30-18)31-20(36)22(9-27-2)5-14(22)17(25)26/h4,6-10,14,17H,5H2,1-3H3,(H,31,36)(H,32,37)/t10-,14+,22+/m1/s1. The number of halogens is 4. The fraction of sp³-hybridized carbons (Fsp3) is 0.364. The van der Waals surface area contributed by atoms with E-state index in [1.54, 1.807) is 0 Å². The zero-order valence-corrected chi connectivity index (χ0v) is 20.9. The van der Waals surface area contributed by atoms with E-state index in [4.69, 9.17) is 16.3 Å². The van der Waals surface area contributed by atoms with E-state index in [9.17, 15) is 22.8 Å². The fourth-order valence-electron chi connectivity index (χ4n) is 3.80. The Morgan fingerprint density at radius 2 is 1.97 bits per heavy atom. The molecular formula is C22H21ClF3N9O3. The predicted molar refractivity (Wildman–Crippen MR) is 129 cm³/mol. The zero-order valence-electron chi connectivity index (χ0n) is 20.2. The van der Waals surface area contributed by atoms with Crippen molar-refractivity contribution in [2.75, 3.05) is 17.7 Å². The number of carbonyl (C=O) groups excluding carboxylic acids is 2. The van der Waals surface area contributed by atoms with Crippen LogP contribution in [-0.4, -0.2) is 61.6 Å². The Labute approximate surface area is 218 Å². The van der Waals surface area contributed by atoms with Crippen LogP contribution < -0.4 is 10.6 Å². The lowest BCUT2D eigenvalue weighted by Crippen LogP contribution is -2.29. The first-order valence-electron chi connectivity index (χ1n) is 11.1. The van der Waals surface area contributed by atoms with Gasteiger partial charge in [0.05, 0.1) is 29.7 Å². The second-order valence-corrected chi connectivity index (χ2v) is 8.80. The summed E-state index contributed by atoms with van der Waals surface area (Å²) in [6, 6.07) is 1.10. The minimum atomic E-state index is -2.66. The third kappa shape index (κ3) is 5.41. The van der Waals surface area contributed by atoms with Gasteiger partial charge in [-0.05, 0) is 19.4 Å². The molecule has 0 saturated heterocycles. The average molecular weight is 552 g/mol. The van der Waals surface area contributed by atoms with E-state index in [-0.39, 0.29) is 40.2 Å². The Hall–Kier alpha value is -4.14. The third-order valence-corrected chi connectivity index (χ3v) is 6.18. The SMILES string of the molecule is CN=C[C@@]1(C(=O)Nc2cnc(-c3nnn(C)c3NC(=O)O[C@H](C)c3cc(F)cnc3Cl)nc2)C[C@H]1C(F)F. The Morgan fingerprint density at radius 3 is 2.61 bits per heavy atom. The molecular weight excluding hydrogens is 531 g/mol. The molecule has 0 aromatic carbocycles. The summed E-state index contributed by atoms with van der Waals surface area (Å²) in [6.45, 7) is 1.49. The first-order chi connectivity index (χ1) is 18.1. The van der Waals surface area contributed by atoms with Gasteiger partial charge < -0.3 is 10.1 Å². The van der Waals surface area contributed by atoms with Gasteiger partial charge in [-0.1, -0.05) is 16.8 Å². The molecule has 0 unspecified atom stereocenters. The second-order valence-electron chi connectivity index (χ2n) is 8.44. The molecule has 38 heavy (non-hydrogen) atoms. The maximum absolute atomic E-state index is 13.5. The van der Waals surface area contributed by atoms with Gasteiger partial charge in [0.1, 0.15) is 17.1 Å². The lowest BCUT2D eigenvalue weighted by Gasteiger charge is -2.15. The molecule has 1 aliphatic carbocycles. The summed E-state index contributed by atoms with van der Waals surface area (Å²) in [5, 5.41) is 12.8. The summed E-state index contributed by atoms with van der Waals surface area (Å²) < 4.78 is 46.3. The van der Waals surface area contributed by atoms with Crippen molar-refractivity contribution in [1.29, 1.82) is 0 Å². The van der Waals surface area contributed by atoms with Crippen LogP contribution in [0.1, 0.15) is 25.0 Å². The minimum Gasteiger partial charge on any atom is -0.441 e. The Kier molecular flexibility index (Phi) is 7.57. The number of nitrogens with one attached hydrogen (secondary N) is 2. The van der Waals surface area contributed by atoms with Gasteiger partial charge in [0.2, 0.25) is 12.3 Å². The number of hydrogen-bond donors (Lipinski definition) is 2. The molecule has 0 radical (unpaired) electrons. The summed E-state index contributed by atoms with van der Waals surface area (Å²) in [5.74, 6) is -2.28. The molecule has 3 atom stereocenters. The van der Waals surface area contributed by atoms with E-state index in [0.717, 1.165) is 12.3 Å².